The highest BCUT2D eigenvalue weighted by molar-refractivity contribution is 9.10. The number of aromatic nitrogens is 2. The Morgan fingerprint density at radius 3 is 2.91 bits per heavy atom. The number of hydrogen-bond acceptors (Lipinski definition) is 4. The zero-order valence-electron chi connectivity index (χ0n) is 12.1. The lowest BCUT2D eigenvalue weighted by Crippen LogP contribution is -2.24. The van der Waals surface area contributed by atoms with E-state index in [9.17, 15) is 4.79 Å². The zero-order valence-corrected chi connectivity index (χ0v) is 13.7. The maximum atomic E-state index is 12.3. The van der Waals surface area contributed by atoms with Crippen LogP contribution in [0.1, 0.15) is 6.92 Å². The minimum atomic E-state index is -0.208. The summed E-state index contributed by atoms with van der Waals surface area (Å²) in [5.74, 6) is 1.09. The van der Waals surface area contributed by atoms with E-state index in [0.29, 0.717) is 36.9 Å². The molecule has 1 atom stereocenters. The van der Waals surface area contributed by atoms with Crippen LogP contribution in [0.5, 0.6) is 11.5 Å². The summed E-state index contributed by atoms with van der Waals surface area (Å²) >= 11 is 3.34. The third kappa shape index (κ3) is 3.41. The molecule has 0 fully saturated rings. The molecule has 0 saturated carbocycles. The van der Waals surface area contributed by atoms with Crippen LogP contribution in [0.4, 0.5) is 5.69 Å². The second kappa shape index (κ2) is 6.39. The van der Waals surface area contributed by atoms with Crippen molar-refractivity contribution in [2.24, 2.45) is 5.92 Å². The van der Waals surface area contributed by atoms with E-state index in [0.717, 1.165) is 4.47 Å². The van der Waals surface area contributed by atoms with E-state index in [-0.39, 0.29) is 11.8 Å². The summed E-state index contributed by atoms with van der Waals surface area (Å²) in [6, 6.07) is 5.39. The Bertz CT molecular complexity index is 686. The molecule has 22 heavy (non-hydrogen) atoms. The van der Waals surface area contributed by atoms with E-state index >= 15 is 0 Å². The van der Waals surface area contributed by atoms with Gasteiger partial charge in [0.2, 0.25) is 5.91 Å². The van der Waals surface area contributed by atoms with Gasteiger partial charge in [-0.05, 0) is 28.1 Å². The zero-order chi connectivity index (χ0) is 15.5. The summed E-state index contributed by atoms with van der Waals surface area (Å²) in [6.45, 7) is 3.45. The fourth-order valence-corrected chi connectivity index (χ4v) is 2.52. The number of ether oxygens (including phenoxy) is 2. The molecule has 1 aliphatic heterocycles. The quantitative estimate of drug-likeness (QED) is 0.904. The molecule has 2 aromatic rings. The highest BCUT2D eigenvalue weighted by Crippen LogP contribution is 2.32. The monoisotopic (exact) mass is 365 g/mol. The molecule has 2 heterocycles. The Hall–Kier alpha value is -2.02. The van der Waals surface area contributed by atoms with Crippen molar-refractivity contribution in [2.75, 3.05) is 18.5 Å². The van der Waals surface area contributed by atoms with Crippen molar-refractivity contribution >= 4 is 27.5 Å². The van der Waals surface area contributed by atoms with Crippen LogP contribution in [0, 0.1) is 5.92 Å². The molecule has 1 aromatic carbocycles. The normalized spacial score (nSPS) is 14.5. The number of carbonyl (C=O) groups excluding carboxylic acids is 1. The molecule has 0 bridgehead atoms. The third-order valence-corrected chi connectivity index (χ3v) is 3.73. The van der Waals surface area contributed by atoms with Gasteiger partial charge in [0.25, 0.3) is 0 Å². The largest absolute Gasteiger partial charge is 0.486 e. The molecule has 1 amide bonds. The van der Waals surface area contributed by atoms with Crippen molar-refractivity contribution in [1.29, 1.82) is 0 Å². The van der Waals surface area contributed by atoms with E-state index in [1.54, 1.807) is 23.0 Å². The fraction of sp³-hybridized carbons (Fsp3) is 0.333. The number of anilines is 1. The van der Waals surface area contributed by atoms with Crippen LogP contribution in [-0.4, -0.2) is 28.9 Å². The van der Waals surface area contributed by atoms with Crippen molar-refractivity contribution in [2.45, 2.75) is 13.5 Å². The van der Waals surface area contributed by atoms with Crippen LogP contribution in [0.15, 0.2) is 35.1 Å². The second-order valence-corrected chi connectivity index (χ2v) is 6.05. The summed E-state index contributed by atoms with van der Waals surface area (Å²) in [7, 11) is 0. The van der Waals surface area contributed by atoms with Crippen LogP contribution in [0.2, 0.25) is 0 Å². The standard InChI is InChI=1S/C15H16BrN3O3/c1-10(8-19-9-11(16)7-17-19)15(20)18-12-2-3-13-14(6-12)22-5-4-21-13/h2-3,6-7,9-10H,4-5,8H2,1H3,(H,18,20)/t10-/m1/s1. The van der Waals surface area contributed by atoms with Gasteiger partial charge in [-0.3, -0.25) is 9.48 Å². The van der Waals surface area contributed by atoms with Gasteiger partial charge in [0.05, 0.1) is 23.1 Å². The van der Waals surface area contributed by atoms with E-state index in [1.165, 1.54) is 0 Å². The Labute approximate surface area is 136 Å². The lowest BCUT2D eigenvalue weighted by molar-refractivity contribution is -0.119. The first kappa shape index (κ1) is 14.9. The van der Waals surface area contributed by atoms with Crippen molar-refractivity contribution in [3.8, 4) is 11.5 Å². The van der Waals surface area contributed by atoms with Crippen molar-refractivity contribution in [1.82, 2.24) is 9.78 Å². The minimum Gasteiger partial charge on any atom is -0.486 e. The maximum absolute atomic E-state index is 12.3. The summed E-state index contributed by atoms with van der Waals surface area (Å²) < 4.78 is 13.6. The SMILES string of the molecule is C[C@H](Cn1cc(Br)cn1)C(=O)Nc1ccc2c(c1)OCCO2. The Balaban J connectivity index is 1.63. The first-order valence-corrected chi connectivity index (χ1v) is 7.79. The summed E-state index contributed by atoms with van der Waals surface area (Å²) in [5.41, 5.74) is 0.697. The molecule has 1 aromatic heterocycles. The second-order valence-electron chi connectivity index (χ2n) is 5.13. The number of benzene rings is 1. The van der Waals surface area contributed by atoms with Crippen molar-refractivity contribution < 1.29 is 14.3 Å². The molecule has 3 rings (SSSR count). The lowest BCUT2D eigenvalue weighted by atomic mass is 10.1. The first-order chi connectivity index (χ1) is 10.6. The Kier molecular flexibility index (Phi) is 4.33. The average molecular weight is 366 g/mol. The van der Waals surface area contributed by atoms with Crippen LogP contribution >= 0.6 is 15.9 Å². The molecular formula is C15H16BrN3O3. The first-order valence-electron chi connectivity index (χ1n) is 7.00. The van der Waals surface area contributed by atoms with Crippen LogP contribution in [0.3, 0.4) is 0 Å². The molecule has 0 radical (unpaired) electrons. The van der Waals surface area contributed by atoms with Gasteiger partial charge in [0, 0.05) is 18.0 Å². The number of fused-ring (bicyclic) bond motifs is 1. The van der Waals surface area contributed by atoms with Crippen LogP contribution in [-0.2, 0) is 11.3 Å². The molecule has 0 saturated heterocycles. The summed E-state index contributed by atoms with van der Waals surface area (Å²) in [5, 5.41) is 7.05. The summed E-state index contributed by atoms with van der Waals surface area (Å²) in [4.78, 5) is 12.3. The van der Waals surface area contributed by atoms with Gasteiger partial charge in [0.15, 0.2) is 11.5 Å². The molecule has 0 unspecified atom stereocenters. The number of hydrogen-bond donors (Lipinski definition) is 1. The Morgan fingerprint density at radius 2 is 2.18 bits per heavy atom. The third-order valence-electron chi connectivity index (χ3n) is 3.32. The molecule has 1 aliphatic rings. The molecule has 0 spiro atoms. The van der Waals surface area contributed by atoms with E-state index in [4.69, 9.17) is 9.47 Å². The molecular weight excluding hydrogens is 350 g/mol. The molecule has 0 aliphatic carbocycles. The van der Waals surface area contributed by atoms with E-state index in [2.05, 4.69) is 26.3 Å². The van der Waals surface area contributed by atoms with Gasteiger partial charge < -0.3 is 14.8 Å². The highest BCUT2D eigenvalue weighted by atomic mass is 79.9. The van der Waals surface area contributed by atoms with Gasteiger partial charge >= 0.3 is 0 Å². The van der Waals surface area contributed by atoms with Crippen LogP contribution in [0.25, 0.3) is 0 Å². The van der Waals surface area contributed by atoms with Gasteiger partial charge in [-0.1, -0.05) is 6.92 Å². The average Bonchev–Trinajstić information content (AvgIpc) is 2.92. The topological polar surface area (TPSA) is 65.4 Å². The number of halogens is 1. The number of nitrogens with one attached hydrogen (secondary N) is 1. The van der Waals surface area contributed by atoms with Crippen molar-refractivity contribution in [3.05, 3.63) is 35.1 Å². The van der Waals surface area contributed by atoms with E-state index in [1.807, 2.05) is 19.2 Å². The lowest BCUT2D eigenvalue weighted by Gasteiger charge is -2.19. The highest BCUT2D eigenvalue weighted by Gasteiger charge is 2.16. The van der Waals surface area contributed by atoms with Crippen molar-refractivity contribution in [3.63, 3.8) is 0 Å². The Morgan fingerprint density at radius 1 is 1.41 bits per heavy atom. The number of nitrogens with zero attached hydrogens (tertiary/aromatic N) is 2. The summed E-state index contributed by atoms with van der Waals surface area (Å²) in [6.07, 6.45) is 3.54. The van der Waals surface area contributed by atoms with Gasteiger partial charge in [0.1, 0.15) is 13.2 Å². The molecule has 116 valence electrons. The van der Waals surface area contributed by atoms with E-state index < -0.39 is 0 Å². The van der Waals surface area contributed by atoms with Gasteiger partial charge in [-0.15, -0.1) is 0 Å². The maximum Gasteiger partial charge on any atom is 0.229 e. The molecule has 1 N–H and O–H groups in total. The molecule has 6 nitrogen and oxygen atoms in total. The molecule has 7 heteroatoms. The predicted molar refractivity (Wildman–Crippen MR) is 85.2 cm³/mol. The smallest absolute Gasteiger partial charge is 0.229 e. The predicted octanol–water partition coefficient (Wildman–Crippen LogP) is 2.69. The number of amides is 1. The number of carbonyl (C=O) groups is 1. The van der Waals surface area contributed by atoms with Gasteiger partial charge in [-0.2, -0.15) is 5.10 Å². The fourth-order valence-electron chi connectivity index (χ4n) is 2.19. The van der Waals surface area contributed by atoms with Crippen LogP contribution < -0.4 is 14.8 Å². The minimum absolute atomic E-state index is 0.0664. The number of rotatable bonds is 4. The van der Waals surface area contributed by atoms with Gasteiger partial charge in [-0.25, -0.2) is 0 Å².